The Balaban J connectivity index is 2.52. The lowest BCUT2D eigenvalue weighted by molar-refractivity contribution is 0.0206. The van der Waals surface area contributed by atoms with Crippen molar-refractivity contribution in [3.63, 3.8) is 0 Å². The zero-order valence-corrected chi connectivity index (χ0v) is 10.4. The Hall–Kier alpha value is -1.60. The second kappa shape index (κ2) is 4.34. The SMILES string of the molecule is C=C[C@@H](C)[C@](C)(O)c1ccc2ccccc2c1. The quantitative estimate of drug-likeness (QED) is 0.788. The van der Waals surface area contributed by atoms with E-state index in [1.165, 1.54) is 5.39 Å². The highest BCUT2D eigenvalue weighted by atomic mass is 16.3. The highest BCUT2D eigenvalue weighted by Crippen LogP contribution is 2.31. The van der Waals surface area contributed by atoms with Gasteiger partial charge in [-0.05, 0) is 29.3 Å². The van der Waals surface area contributed by atoms with Gasteiger partial charge in [0.25, 0.3) is 0 Å². The largest absolute Gasteiger partial charge is 0.385 e. The van der Waals surface area contributed by atoms with Gasteiger partial charge in [0, 0.05) is 5.92 Å². The number of fused-ring (bicyclic) bond motifs is 1. The smallest absolute Gasteiger partial charge is 0.0928 e. The lowest BCUT2D eigenvalue weighted by Crippen LogP contribution is -2.28. The molecule has 2 atom stereocenters. The summed E-state index contributed by atoms with van der Waals surface area (Å²) in [6.45, 7) is 7.57. The summed E-state index contributed by atoms with van der Waals surface area (Å²) in [6, 6.07) is 14.3. The lowest BCUT2D eigenvalue weighted by atomic mass is 9.83. The van der Waals surface area contributed by atoms with Crippen LogP contribution in [0.15, 0.2) is 55.1 Å². The first-order chi connectivity index (χ1) is 8.05. The molecule has 1 heteroatoms. The molecule has 0 aliphatic carbocycles. The Bertz CT molecular complexity index is 540. The first-order valence-electron chi connectivity index (χ1n) is 5.90. The average molecular weight is 226 g/mol. The number of aliphatic hydroxyl groups is 1. The van der Waals surface area contributed by atoms with Crippen LogP contribution in [0.1, 0.15) is 19.4 Å². The van der Waals surface area contributed by atoms with Gasteiger partial charge in [-0.3, -0.25) is 0 Å². The second-order valence-electron chi connectivity index (χ2n) is 4.73. The van der Waals surface area contributed by atoms with E-state index in [-0.39, 0.29) is 5.92 Å². The summed E-state index contributed by atoms with van der Waals surface area (Å²) >= 11 is 0. The van der Waals surface area contributed by atoms with Crippen LogP contribution < -0.4 is 0 Å². The van der Waals surface area contributed by atoms with Gasteiger partial charge in [-0.15, -0.1) is 6.58 Å². The van der Waals surface area contributed by atoms with Gasteiger partial charge in [-0.1, -0.05) is 49.4 Å². The molecule has 0 spiro atoms. The van der Waals surface area contributed by atoms with Crippen LogP contribution in [0.25, 0.3) is 10.8 Å². The minimum absolute atomic E-state index is 0.0173. The van der Waals surface area contributed by atoms with Gasteiger partial charge in [0.15, 0.2) is 0 Å². The third-order valence-electron chi connectivity index (χ3n) is 3.57. The van der Waals surface area contributed by atoms with Crippen molar-refractivity contribution < 1.29 is 5.11 Å². The minimum Gasteiger partial charge on any atom is -0.385 e. The Morgan fingerprint density at radius 2 is 1.82 bits per heavy atom. The molecule has 2 rings (SSSR count). The van der Waals surface area contributed by atoms with Crippen LogP contribution in [0.2, 0.25) is 0 Å². The zero-order valence-electron chi connectivity index (χ0n) is 10.4. The number of rotatable bonds is 3. The maximum Gasteiger partial charge on any atom is 0.0928 e. The molecule has 1 N–H and O–H groups in total. The predicted molar refractivity (Wildman–Crippen MR) is 72.9 cm³/mol. The van der Waals surface area contributed by atoms with Crippen molar-refractivity contribution in [3.8, 4) is 0 Å². The number of hydrogen-bond donors (Lipinski definition) is 1. The Kier molecular flexibility index (Phi) is 3.03. The molecule has 88 valence electrons. The molecule has 0 heterocycles. The molecular weight excluding hydrogens is 208 g/mol. The maximum atomic E-state index is 10.5. The average Bonchev–Trinajstić information content (AvgIpc) is 2.37. The molecule has 0 saturated carbocycles. The summed E-state index contributed by atoms with van der Waals surface area (Å²) in [5, 5.41) is 12.9. The van der Waals surface area contributed by atoms with Gasteiger partial charge in [0.2, 0.25) is 0 Å². The summed E-state index contributed by atoms with van der Waals surface area (Å²) in [4.78, 5) is 0. The third kappa shape index (κ3) is 2.11. The van der Waals surface area contributed by atoms with Gasteiger partial charge in [-0.25, -0.2) is 0 Å². The zero-order chi connectivity index (χ0) is 12.5. The Morgan fingerprint density at radius 3 is 2.47 bits per heavy atom. The topological polar surface area (TPSA) is 20.2 Å². The summed E-state index contributed by atoms with van der Waals surface area (Å²) < 4.78 is 0. The molecule has 0 bridgehead atoms. The molecular formula is C16H18O. The van der Waals surface area contributed by atoms with E-state index in [1.54, 1.807) is 6.08 Å². The van der Waals surface area contributed by atoms with Gasteiger partial charge >= 0.3 is 0 Å². The van der Waals surface area contributed by atoms with E-state index in [9.17, 15) is 5.11 Å². The number of hydrogen-bond acceptors (Lipinski definition) is 1. The molecule has 0 unspecified atom stereocenters. The fourth-order valence-corrected chi connectivity index (χ4v) is 2.00. The van der Waals surface area contributed by atoms with E-state index in [0.29, 0.717) is 0 Å². The monoisotopic (exact) mass is 226 g/mol. The van der Waals surface area contributed by atoms with Crippen molar-refractivity contribution in [2.24, 2.45) is 5.92 Å². The minimum atomic E-state index is -0.869. The molecule has 17 heavy (non-hydrogen) atoms. The summed E-state index contributed by atoms with van der Waals surface area (Å²) in [7, 11) is 0. The van der Waals surface area contributed by atoms with Gasteiger partial charge < -0.3 is 5.11 Å². The summed E-state index contributed by atoms with van der Waals surface area (Å²) in [6.07, 6.45) is 1.79. The predicted octanol–water partition coefficient (Wildman–Crippen LogP) is 3.87. The molecule has 1 nitrogen and oxygen atoms in total. The van der Waals surface area contributed by atoms with Crippen LogP contribution in [0.5, 0.6) is 0 Å². The first-order valence-corrected chi connectivity index (χ1v) is 5.90. The fourth-order valence-electron chi connectivity index (χ4n) is 2.00. The van der Waals surface area contributed by atoms with Crippen LogP contribution >= 0.6 is 0 Å². The molecule has 0 saturated heterocycles. The Morgan fingerprint density at radius 1 is 1.18 bits per heavy atom. The van der Waals surface area contributed by atoms with E-state index in [0.717, 1.165) is 10.9 Å². The standard InChI is InChI=1S/C16H18O/c1-4-12(2)16(3,17)15-10-9-13-7-5-6-8-14(13)11-15/h4-12,17H,1H2,2-3H3/t12-,16+/m1/s1. The Labute approximate surface area is 102 Å². The van der Waals surface area contributed by atoms with Crippen LogP contribution in [-0.4, -0.2) is 5.11 Å². The second-order valence-corrected chi connectivity index (χ2v) is 4.73. The van der Waals surface area contributed by atoms with Crippen LogP contribution in [0.4, 0.5) is 0 Å². The molecule has 2 aromatic rings. The van der Waals surface area contributed by atoms with E-state index in [4.69, 9.17) is 0 Å². The first kappa shape index (κ1) is 11.9. The number of benzene rings is 2. The maximum absolute atomic E-state index is 10.5. The molecule has 0 radical (unpaired) electrons. The van der Waals surface area contributed by atoms with Crippen molar-refractivity contribution in [2.45, 2.75) is 19.4 Å². The van der Waals surface area contributed by atoms with E-state index >= 15 is 0 Å². The van der Waals surface area contributed by atoms with Crippen molar-refractivity contribution in [2.75, 3.05) is 0 Å². The van der Waals surface area contributed by atoms with Crippen LogP contribution in [0.3, 0.4) is 0 Å². The van der Waals surface area contributed by atoms with E-state index in [2.05, 4.69) is 30.8 Å². The van der Waals surface area contributed by atoms with Crippen molar-refractivity contribution in [3.05, 3.63) is 60.7 Å². The summed E-state index contributed by atoms with van der Waals surface area (Å²) in [5.74, 6) is 0.0173. The molecule has 0 aliphatic rings. The normalized spacial score (nSPS) is 16.4. The van der Waals surface area contributed by atoms with Gasteiger partial charge in [0.1, 0.15) is 0 Å². The lowest BCUT2D eigenvalue weighted by Gasteiger charge is -2.29. The highest BCUT2D eigenvalue weighted by Gasteiger charge is 2.28. The molecule has 0 aliphatic heterocycles. The van der Waals surface area contributed by atoms with Crippen molar-refractivity contribution >= 4 is 10.8 Å². The summed E-state index contributed by atoms with van der Waals surface area (Å²) in [5.41, 5.74) is 0.0646. The molecule has 2 aromatic carbocycles. The van der Waals surface area contributed by atoms with Crippen LogP contribution in [0, 0.1) is 5.92 Å². The molecule has 0 fully saturated rings. The van der Waals surface area contributed by atoms with E-state index < -0.39 is 5.60 Å². The van der Waals surface area contributed by atoms with Crippen molar-refractivity contribution in [1.29, 1.82) is 0 Å². The molecule has 0 aromatic heterocycles. The fraction of sp³-hybridized carbons (Fsp3) is 0.250. The van der Waals surface area contributed by atoms with Crippen LogP contribution in [-0.2, 0) is 5.60 Å². The molecule has 0 amide bonds. The third-order valence-corrected chi connectivity index (χ3v) is 3.57. The van der Waals surface area contributed by atoms with E-state index in [1.807, 2.05) is 32.0 Å². The highest BCUT2D eigenvalue weighted by molar-refractivity contribution is 5.83. The van der Waals surface area contributed by atoms with Gasteiger partial charge in [0.05, 0.1) is 5.60 Å². The van der Waals surface area contributed by atoms with Gasteiger partial charge in [-0.2, -0.15) is 0 Å². The van der Waals surface area contributed by atoms with Crippen molar-refractivity contribution in [1.82, 2.24) is 0 Å².